The highest BCUT2D eigenvalue weighted by Gasteiger charge is 2.25. The molecule has 0 radical (unpaired) electrons. The number of para-hydroxylation sites is 1. The third kappa shape index (κ3) is 1.75. The molecule has 0 aromatic heterocycles. The van der Waals surface area contributed by atoms with Gasteiger partial charge in [-0.05, 0) is 12.5 Å². The predicted octanol–water partition coefficient (Wildman–Crippen LogP) is 2.67. The minimum atomic E-state index is -0.350. The summed E-state index contributed by atoms with van der Waals surface area (Å²) in [5.74, 6) is 0.852. The maximum Gasteiger partial charge on any atom is 0.125 e. The molecular weight excluding hydrogens is 176 g/mol. The van der Waals surface area contributed by atoms with Gasteiger partial charge in [-0.3, -0.25) is 0 Å². The van der Waals surface area contributed by atoms with E-state index >= 15 is 0 Å². The van der Waals surface area contributed by atoms with Crippen LogP contribution in [0.25, 0.3) is 0 Å². The predicted molar refractivity (Wildman–Crippen MR) is 55.3 cm³/mol. The average Bonchev–Trinajstić information content (AvgIpc) is 2.18. The maximum atomic E-state index is 9.88. The fourth-order valence-corrected chi connectivity index (χ4v) is 1.97. The first-order valence-electron chi connectivity index (χ1n) is 5.25. The lowest BCUT2D eigenvalue weighted by Crippen LogP contribution is -2.25. The van der Waals surface area contributed by atoms with Crippen LogP contribution >= 0.6 is 0 Å². The Bertz CT molecular complexity index is 309. The first-order chi connectivity index (χ1) is 6.81. The van der Waals surface area contributed by atoms with Crippen LogP contribution in [0.2, 0.25) is 0 Å². The van der Waals surface area contributed by atoms with Gasteiger partial charge in [-0.2, -0.15) is 0 Å². The van der Waals surface area contributed by atoms with E-state index in [1.807, 2.05) is 24.3 Å². The molecule has 2 nitrogen and oxygen atoms in total. The molecule has 2 rings (SSSR count). The minimum absolute atomic E-state index is 0.185. The largest absolute Gasteiger partial charge is 0.490 e. The zero-order valence-electron chi connectivity index (χ0n) is 8.44. The Hall–Kier alpha value is -1.02. The summed E-state index contributed by atoms with van der Waals surface area (Å²) in [6, 6.07) is 7.74. The molecular formula is C12H16O2. The van der Waals surface area contributed by atoms with E-state index in [0.29, 0.717) is 0 Å². The Morgan fingerprint density at radius 1 is 1.43 bits per heavy atom. The van der Waals surface area contributed by atoms with Gasteiger partial charge >= 0.3 is 0 Å². The van der Waals surface area contributed by atoms with Crippen LogP contribution in [-0.4, -0.2) is 11.2 Å². The third-order valence-corrected chi connectivity index (χ3v) is 2.67. The van der Waals surface area contributed by atoms with E-state index in [4.69, 9.17) is 4.74 Å². The first-order valence-corrected chi connectivity index (χ1v) is 5.25. The molecule has 1 heterocycles. The van der Waals surface area contributed by atoms with Gasteiger partial charge in [0.2, 0.25) is 0 Å². The molecule has 0 spiro atoms. The Labute approximate surface area is 84.5 Å². The van der Waals surface area contributed by atoms with Crippen LogP contribution in [0.5, 0.6) is 5.75 Å². The van der Waals surface area contributed by atoms with Gasteiger partial charge in [0.15, 0.2) is 0 Å². The van der Waals surface area contributed by atoms with Gasteiger partial charge in [-0.25, -0.2) is 0 Å². The molecule has 2 atom stereocenters. The molecule has 0 saturated carbocycles. The highest BCUT2D eigenvalue weighted by molar-refractivity contribution is 5.36. The summed E-state index contributed by atoms with van der Waals surface area (Å²) >= 11 is 0. The number of fused-ring (bicyclic) bond motifs is 1. The Morgan fingerprint density at radius 3 is 3.00 bits per heavy atom. The van der Waals surface area contributed by atoms with E-state index in [-0.39, 0.29) is 12.2 Å². The number of aliphatic hydroxyl groups is 1. The summed E-state index contributed by atoms with van der Waals surface area (Å²) in [4.78, 5) is 0. The van der Waals surface area contributed by atoms with E-state index in [9.17, 15) is 5.11 Å². The van der Waals surface area contributed by atoms with Crippen molar-refractivity contribution in [3.8, 4) is 5.75 Å². The van der Waals surface area contributed by atoms with Gasteiger partial charge in [0.25, 0.3) is 0 Å². The highest BCUT2D eigenvalue weighted by Crippen LogP contribution is 2.35. The first kappa shape index (κ1) is 9.53. The van der Waals surface area contributed by atoms with E-state index in [1.54, 1.807) is 0 Å². The second-order valence-corrected chi connectivity index (χ2v) is 3.82. The third-order valence-electron chi connectivity index (χ3n) is 2.67. The van der Waals surface area contributed by atoms with Crippen LogP contribution < -0.4 is 4.74 Å². The highest BCUT2D eigenvalue weighted by atomic mass is 16.5. The number of benzene rings is 1. The molecule has 2 heteroatoms. The van der Waals surface area contributed by atoms with Crippen LogP contribution in [0.4, 0.5) is 0 Å². The van der Waals surface area contributed by atoms with Crippen molar-refractivity contribution in [2.75, 3.05) is 0 Å². The number of hydrogen-bond donors (Lipinski definition) is 1. The van der Waals surface area contributed by atoms with Crippen LogP contribution in [-0.2, 0) is 0 Å². The van der Waals surface area contributed by atoms with Crippen LogP contribution in [0, 0.1) is 0 Å². The van der Waals surface area contributed by atoms with Gasteiger partial charge < -0.3 is 9.84 Å². The molecule has 1 unspecified atom stereocenters. The van der Waals surface area contributed by atoms with Gasteiger partial charge in [0.05, 0.1) is 6.10 Å². The summed E-state index contributed by atoms with van der Waals surface area (Å²) in [6.45, 7) is 2.14. The maximum absolute atomic E-state index is 9.88. The van der Waals surface area contributed by atoms with Gasteiger partial charge in [0.1, 0.15) is 11.9 Å². The number of aliphatic hydroxyl groups excluding tert-OH is 1. The molecule has 1 aliphatic rings. The lowest BCUT2D eigenvalue weighted by molar-refractivity contribution is 0.0615. The van der Waals surface area contributed by atoms with E-state index in [2.05, 4.69) is 6.92 Å². The summed E-state index contributed by atoms with van der Waals surface area (Å²) < 4.78 is 5.78. The molecule has 0 amide bonds. The van der Waals surface area contributed by atoms with E-state index in [1.165, 1.54) is 0 Å². The SMILES string of the molecule is CCCC1C[C@@H](O)c2ccccc2O1. The quantitative estimate of drug-likeness (QED) is 0.780. The summed E-state index contributed by atoms with van der Waals surface area (Å²) in [7, 11) is 0. The second kappa shape index (κ2) is 4.01. The monoisotopic (exact) mass is 192 g/mol. The van der Waals surface area contributed by atoms with E-state index < -0.39 is 0 Å². The van der Waals surface area contributed by atoms with Crippen molar-refractivity contribution >= 4 is 0 Å². The molecule has 1 aromatic carbocycles. The summed E-state index contributed by atoms with van der Waals surface area (Å²) in [5, 5.41) is 9.88. The molecule has 1 aromatic rings. The van der Waals surface area contributed by atoms with Crippen LogP contribution in [0.15, 0.2) is 24.3 Å². The molecule has 0 bridgehead atoms. The van der Waals surface area contributed by atoms with Crippen molar-refractivity contribution in [1.29, 1.82) is 0 Å². The van der Waals surface area contributed by atoms with Crippen LogP contribution in [0.1, 0.15) is 37.9 Å². The smallest absolute Gasteiger partial charge is 0.125 e. The topological polar surface area (TPSA) is 29.5 Å². The number of hydrogen-bond acceptors (Lipinski definition) is 2. The lowest BCUT2D eigenvalue weighted by atomic mass is 9.97. The minimum Gasteiger partial charge on any atom is -0.490 e. The zero-order valence-corrected chi connectivity index (χ0v) is 8.44. The molecule has 1 N–H and O–H groups in total. The lowest BCUT2D eigenvalue weighted by Gasteiger charge is -2.29. The Kier molecular flexibility index (Phi) is 2.73. The van der Waals surface area contributed by atoms with Crippen LogP contribution in [0.3, 0.4) is 0 Å². The van der Waals surface area contributed by atoms with Gasteiger partial charge in [-0.1, -0.05) is 31.5 Å². The fraction of sp³-hybridized carbons (Fsp3) is 0.500. The second-order valence-electron chi connectivity index (χ2n) is 3.82. The summed E-state index contributed by atoms with van der Waals surface area (Å²) in [5.41, 5.74) is 0.930. The molecule has 0 saturated heterocycles. The number of ether oxygens (including phenoxy) is 1. The van der Waals surface area contributed by atoms with Gasteiger partial charge in [0, 0.05) is 12.0 Å². The fourth-order valence-electron chi connectivity index (χ4n) is 1.97. The van der Waals surface area contributed by atoms with Gasteiger partial charge in [-0.15, -0.1) is 0 Å². The summed E-state index contributed by atoms with van der Waals surface area (Å²) in [6.07, 6.45) is 2.68. The number of rotatable bonds is 2. The normalized spacial score (nSPS) is 25.3. The van der Waals surface area contributed by atoms with Crippen molar-refractivity contribution in [1.82, 2.24) is 0 Å². The zero-order chi connectivity index (χ0) is 9.97. The van der Waals surface area contributed by atoms with Crippen molar-refractivity contribution in [2.45, 2.75) is 38.4 Å². The van der Waals surface area contributed by atoms with Crippen molar-refractivity contribution in [2.24, 2.45) is 0 Å². The Balaban J connectivity index is 2.20. The molecule has 76 valence electrons. The molecule has 1 aliphatic heterocycles. The standard InChI is InChI=1S/C12H16O2/c1-2-5-9-8-11(13)10-6-3-4-7-12(10)14-9/h3-4,6-7,9,11,13H,2,5,8H2,1H3/t9?,11-/m1/s1. The van der Waals surface area contributed by atoms with Crippen molar-refractivity contribution in [3.63, 3.8) is 0 Å². The van der Waals surface area contributed by atoms with Crippen molar-refractivity contribution < 1.29 is 9.84 Å². The molecule has 0 aliphatic carbocycles. The molecule has 14 heavy (non-hydrogen) atoms. The Morgan fingerprint density at radius 2 is 2.21 bits per heavy atom. The molecule has 0 fully saturated rings. The average molecular weight is 192 g/mol. The van der Waals surface area contributed by atoms with E-state index in [0.717, 1.165) is 30.6 Å². The van der Waals surface area contributed by atoms with Crippen molar-refractivity contribution in [3.05, 3.63) is 29.8 Å².